The van der Waals surface area contributed by atoms with E-state index in [0.717, 1.165) is 110 Å². The van der Waals surface area contributed by atoms with Crippen LogP contribution in [0, 0.1) is 22.7 Å². The van der Waals surface area contributed by atoms with E-state index >= 15 is 0 Å². The molecule has 6 heteroatoms. The van der Waals surface area contributed by atoms with Gasteiger partial charge in [0.1, 0.15) is 11.6 Å². The van der Waals surface area contributed by atoms with Gasteiger partial charge in [-0.15, -0.1) is 0 Å². The van der Waals surface area contributed by atoms with Crippen LogP contribution in [0.15, 0.2) is 218 Å². The lowest BCUT2D eigenvalue weighted by Crippen LogP contribution is -2.05. The van der Waals surface area contributed by atoms with Crippen LogP contribution in [0.5, 0.6) is 0 Å². The summed E-state index contributed by atoms with van der Waals surface area (Å²) in [4.78, 5) is 0. The lowest BCUT2D eigenvalue weighted by atomic mass is 9.98. The SMILES string of the molecule is N#Cc1cccc(-c2cc(-n3c4ccccc4c4c3ccc3c5ccccc5n(-c5ccccc5)c34)c(C#N)c(-n3c4ccccc4c4c3ccc3c5ccccc5n(-c5ccccc5)c34)c2)c1. The van der Waals surface area contributed by atoms with Crippen molar-refractivity contribution in [2.75, 3.05) is 0 Å². The monoisotopic (exact) mass is 864 g/mol. The summed E-state index contributed by atoms with van der Waals surface area (Å²) in [7, 11) is 0. The first-order valence-electron chi connectivity index (χ1n) is 22.8. The van der Waals surface area contributed by atoms with Crippen LogP contribution in [0.3, 0.4) is 0 Å². The van der Waals surface area contributed by atoms with E-state index in [2.05, 4.69) is 231 Å². The minimum atomic E-state index is 0.530. The molecule has 314 valence electrons. The van der Waals surface area contributed by atoms with Crippen molar-refractivity contribution >= 4 is 87.2 Å². The van der Waals surface area contributed by atoms with E-state index in [-0.39, 0.29) is 0 Å². The molecule has 0 spiro atoms. The average Bonchev–Trinajstić information content (AvgIpc) is 4.13. The number of para-hydroxylation sites is 6. The normalized spacial score (nSPS) is 11.8. The molecule has 0 radical (unpaired) electrons. The summed E-state index contributed by atoms with van der Waals surface area (Å²) in [5.41, 5.74) is 15.0. The molecule has 0 aliphatic heterocycles. The van der Waals surface area contributed by atoms with Crippen molar-refractivity contribution in [2.45, 2.75) is 0 Å². The van der Waals surface area contributed by atoms with Crippen molar-refractivity contribution in [1.29, 1.82) is 10.5 Å². The summed E-state index contributed by atoms with van der Waals surface area (Å²) in [5.74, 6) is 0. The number of fused-ring (bicyclic) bond motifs is 14. The van der Waals surface area contributed by atoms with E-state index < -0.39 is 0 Å². The van der Waals surface area contributed by atoms with Crippen LogP contribution in [-0.4, -0.2) is 18.3 Å². The molecule has 0 aliphatic carbocycles. The molecule has 10 aromatic carbocycles. The first-order valence-corrected chi connectivity index (χ1v) is 22.8. The molecular formula is C62H36N6. The Kier molecular flexibility index (Phi) is 8.01. The maximum Gasteiger partial charge on any atom is 0.104 e. The molecule has 0 saturated heterocycles. The molecule has 0 amide bonds. The van der Waals surface area contributed by atoms with Crippen molar-refractivity contribution in [3.8, 4) is 46.0 Å². The molecule has 4 aromatic heterocycles. The standard InChI is InChI=1S/C62H36N6/c63-37-39-16-15-17-40(34-39)41-35-57(67-53-28-13-9-24-48(53)59-55(67)32-30-46-44-22-7-11-26-51(44)65(61(46)59)42-18-3-1-4-19-42)50(38-64)58(36-41)68-54-29-14-10-25-49(54)60-56(68)33-31-47-45-23-8-12-27-52(45)66(62(47)60)43-20-5-2-6-21-43/h1-36H. The predicted octanol–water partition coefficient (Wildman–Crippen LogP) is 15.5. The summed E-state index contributed by atoms with van der Waals surface area (Å²) < 4.78 is 9.35. The first-order chi connectivity index (χ1) is 33.7. The largest absolute Gasteiger partial charge is 0.309 e. The van der Waals surface area contributed by atoms with Gasteiger partial charge >= 0.3 is 0 Å². The summed E-state index contributed by atoms with van der Waals surface area (Å²) in [6, 6.07) is 81.7. The Labute approximate surface area is 389 Å². The van der Waals surface area contributed by atoms with Crippen LogP contribution in [0.4, 0.5) is 0 Å². The molecule has 0 fully saturated rings. The van der Waals surface area contributed by atoms with Crippen molar-refractivity contribution in [3.63, 3.8) is 0 Å². The zero-order chi connectivity index (χ0) is 45.0. The van der Waals surface area contributed by atoms with Crippen molar-refractivity contribution in [3.05, 3.63) is 230 Å². The Morgan fingerprint density at radius 3 is 1.18 bits per heavy atom. The highest BCUT2D eigenvalue weighted by atomic mass is 15.0. The highest BCUT2D eigenvalue weighted by Gasteiger charge is 2.27. The van der Waals surface area contributed by atoms with Gasteiger partial charge in [0, 0.05) is 54.5 Å². The maximum atomic E-state index is 11.8. The van der Waals surface area contributed by atoms with E-state index in [1.165, 1.54) is 10.8 Å². The number of hydrogen-bond donors (Lipinski definition) is 0. The third-order valence-corrected chi connectivity index (χ3v) is 14.0. The third-order valence-electron chi connectivity index (χ3n) is 14.0. The van der Waals surface area contributed by atoms with E-state index in [4.69, 9.17) is 0 Å². The molecule has 14 rings (SSSR count). The second-order valence-electron chi connectivity index (χ2n) is 17.5. The van der Waals surface area contributed by atoms with Crippen LogP contribution >= 0.6 is 0 Å². The number of hydrogen-bond acceptors (Lipinski definition) is 2. The van der Waals surface area contributed by atoms with Crippen LogP contribution in [0.2, 0.25) is 0 Å². The van der Waals surface area contributed by atoms with Crippen LogP contribution < -0.4 is 0 Å². The Morgan fingerprint density at radius 2 is 0.721 bits per heavy atom. The highest BCUT2D eigenvalue weighted by Crippen LogP contribution is 2.46. The number of nitrogens with zero attached hydrogens (tertiary/aromatic N) is 6. The fourth-order valence-corrected chi connectivity index (χ4v) is 11.2. The van der Waals surface area contributed by atoms with Gasteiger partial charge in [0.15, 0.2) is 0 Å². The second-order valence-corrected chi connectivity index (χ2v) is 17.5. The second kappa shape index (κ2) is 14.4. The first kappa shape index (κ1) is 37.7. The Morgan fingerprint density at radius 1 is 0.294 bits per heavy atom. The lowest BCUT2D eigenvalue weighted by molar-refractivity contribution is 1.12. The molecule has 68 heavy (non-hydrogen) atoms. The van der Waals surface area contributed by atoms with Gasteiger partial charge in [-0.25, -0.2) is 0 Å². The lowest BCUT2D eigenvalue weighted by Gasteiger charge is -2.18. The molecule has 14 aromatic rings. The molecular weight excluding hydrogens is 829 g/mol. The summed E-state index contributed by atoms with van der Waals surface area (Å²) >= 11 is 0. The molecule has 0 saturated carbocycles. The minimum absolute atomic E-state index is 0.530. The molecule has 0 bridgehead atoms. The highest BCUT2D eigenvalue weighted by molar-refractivity contribution is 6.28. The molecule has 0 aliphatic rings. The van der Waals surface area contributed by atoms with E-state index in [0.29, 0.717) is 11.1 Å². The fourth-order valence-electron chi connectivity index (χ4n) is 11.2. The zero-order valence-corrected chi connectivity index (χ0v) is 36.5. The molecule has 0 N–H and O–H groups in total. The Bertz CT molecular complexity index is 4260. The van der Waals surface area contributed by atoms with Gasteiger partial charge in [0.05, 0.1) is 67.1 Å². The number of nitriles is 2. The van der Waals surface area contributed by atoms with Gasteiger partial charge in [0.25, 0.3) is 0 Å². The predicted molar refractivity (Wildman–Crippen MR) is 279 cm³/mol. The number of benzene rings is 10. The quantitative estimate of drug-likeness (QED) is 0.173. The Hall–Kier alpha value is -9.62. The van der Waals surface area contributed by atoms with Crippen molar-refractivity contribution < 1.29 is 0 Å². The average molecular weight is 865 g/mol. The van der Waals surface area contributed by atoms with Crippen molar-refractivity contribution in [1.82, 2.24) is 18.3 Å². The zero-order valence-electron chi connectivity index (χ0n) is 36.5. The molecule has 0 unspecified atom stereocenters. The summed E-state index contributed by atoms with van der Waals surface area (Å²) in [5, 5.41) is 31.0. The van der Waals surface area contributed by atoms with Gasteiger partial charge in [-0.2, -0.15) is 10.5 Å². The van der Waals surface area contributed by atoms with Crippen LogP contribution in [0.1, 0.15) is 11.1 Å². The van der Waals surface area contributed by atoms with Crippen LogP contribution in [-0.2, 0) is 0 Å². The summed E-state index contributed by atoms with van der Waals surface area (Å²) in [6.07, 6.45) is 0. The number of aromatic nitrogens is 4. The summed E-state index contributed by atoms with van der Waals surface area (Å²) in [6.45, 7) is 0. The van der Waals surface area contributed by atoms with Crippen molar-refractivity contribution in [2.24, 2.45) is 0 Å². The van der Waals surface area contributed by atoms with E-state index in [1.807, 2.05) is 18.2 Å². The number of rotatable bonds is 5. The fraction of sp³-hybridized carbons (Fsp3) is 0. The van der Waals surface area contributed by atoms with Gasteiger partial charge < -0.3 is 18.3 Å². The van der Waals surface area contributed by atoms with E-state index in [1.54, 1.807) is 0 Å². The minimum Gasteiger partial charge on any atom is -0.309 e. The van der Waals surface area contributed by atoms with Gasteiger partial charge in [0.2, 0.25) is 0 Å². The maximum absolute atomic E-state index is 11.8. The third kappa shape index (κ3) is 5.20. The molecule has 0 atom stereocenters. The Balaban J connectivity index is 1.15. The topological polar surface area (TPSA) is 67.3 Å². The van der Waals surface area contributed by atoms with Gasteiger partial charge in [-0.05, 0) is 96.1 Å². The van der Waals surface area contributed by atoms with E-state index in [9.17, 15) is 10.5 Å². The molecule has 4 heterocycles. The van der Waals surface area contributed by atoms with Crippen LogP contribution in [0.25, 0.3) is 121 Å². The smallest absolute Gasteiger partial charge is 0.104 e. The van der Waals surface area contributed by atoms with Gasteiger partial charge in [-0.1, -0.05) is 133 Å². The van der Waals surface area contributed by atoms with Gasteiger partial charge in [-0.3, -0.25) is 0 Å². The molecule has 6 nitrogen and oxygen atoms in total.